The molecule has 0 aliphatic carbocycles. The molecule has 0 bridgehead atoms. The lowest BCUT2D eigenvalue weighted by Gasteiger charge is -2.19. The number of rotatable bonds is 4. The first-order chi connectivity index (χ1) is 7.04. The van der Waals surface area contributed by atoms with Gasteiger partial charge < -0.3 is 5.01 Å². The third kappa shape index (κ3) is 3.22. The Bertz CT molecular complexity index is 366. The molecule has 0 saturated carbocycles. The lowest BCUT2D eigenvalue weighted by atomic mass is 10.1. The molecular formula is C11H15ClN2O. The maximum atomic E-state index is 11.1. The summed E-state index contributed by atoms with van der Waals surface area (Å²) in [5, 5.41) is 2.23. The number of anilines is 1. The number of benzene rings is 1. The molecular weight excluding hydrogens is 212 g/mol. The number of hydrogen-bond acceptors (Lipinski definition) is 3. The van der Waals surface area contributed by atoms with Gasteiger partial charge in [-0.05, 0) is 37.6 Å². The van der Waals surface area contributed by atoms with Gasteiger partial charge in [-0.3, -0.25) is 4.79 Å². The molecule has 0 radical (unpaired) electrons. The first kappa shape index (κ1) is 12.0. The fraction of sp³-hybridized carbons (Fsp3) is 0.364. The minimum absolute atomic E-state index is 0.100. The average molecular weight is 227 g/mol. The number of hydrogen-bond donors (Lipinski definition) is 1. The second-order valence-corrected chi connectivity index (χ2v) is 3.87. The summed E-state index contributed by atoms with van der Waals surface area (Å²) in [5.74, 6) is 5.90. The Kier molecular flexibility index (Phi) is 4.12. The second kappa shape index (κ2) is 5.14. The Morgan fingerprint density at radius 1 is 1.53 bits per heavy atom. The summed E-state index contributed by atoms with van der Waals surface area (Å²) in [6.07, 6.45) is 0.365. The number of carbonyl (C=O) groups excluding carboxylic acids is 1. The molecule has 0 aliphatic heterocycles. The van der Waals surface area contributed by atoms with Crippen molar-refractivity contribution in [2.75, 3.05) is 11.6 Å². The van der Waals surface area contributed by atoms with Gasteiger partial charge in [0.05, 0.1) is 5.69 Å². The van der Waals surface area contributed by atoms with Crippen LogP contribution < -0.4 is 10.9 Å². The van der Waals surface area contributed by atoms with Crippen LogP contribution in [0.1, 0.15) is 19.4 Å². The van der Waals surface area contributed by atoms with Gasteiger partial charge in [-0.25, -0.2) is 5.84 Å². The van der Waals surface area contributed by atoms with Crippen LogP contribution in [0.4, 0.5) is 5.69 Å². The number of carbonyl (C=O) groups is 1. The van der Waals surface area contributed by atoms with Crippen LogP contribution in [-0.4, -0.2) is 12.3 Å². The van der Waals surface area contributed by atoms with E-state index in [4.69, 9.17) is 17.4 Å². The van der Waals surface area contributed by atoms with Crippen LogP contribution in [0.5, 0.6) is 0 Å². The largest absolute Gasteiger partial charge is 0.311 e. The van der Waals surface area contributed by atoms with Crippen molar-refractivity contribution in [2.24, 2.45) is 5.84 Å². The molecule has 82 valence electrons. The Balaban J connectivity index is 3.08. The van der Waals surface area contributed by atoms with Crippen LogP contribution in [0.2, 0.25) is 5.02 Å². The number of halogens is 1. The van der Waals surface area contributed by atoms with E-state index in [9.17, 15) is 4.79 Å². The third-order valence-corrected chi connectivity index (χ3v) is 2.37. The van der Waals surface area contributed by atoms with Crippen molar-refractivity contribution in [2.45, 2.75) is 20.3 Å². The van der Waals surface area contributed by atoms with Crippen molar-refractivity contribution in [1.82, 2.24) is 0 Å². The smallest absolute Gasteiger partial charge is 0.134 e. The average Bonchev–Trinajstić information content (AvgIpc) is 2.16. The topological polar surface area (TPSA) is 46.3 Å². The molecule has 3 nitrogen and oxygen atoms in total. The highest BCUT2D eigenvalue weighted by Gasteiger charge is 2.09. The zero-order valence-corrected chi connectivity index (χ0v) is 9.71. The third-order valence-electron chi connectivity index (χ3n) is 2.13. The highest BCUT2D eigenvalue weighted by atomic mass is 35.5. The molecule has 0 fully saturated rings. The normalized spacial score (nSPS) is 10.1. The van der Waals surface area contributed by atoms with Crippen molar-refractivity contribution < 1.29 is 4.79 Å². The molecule has 0 heterocycles. The number of Topliss-reactive ketones (excluding diaryl/α,β-unsaturated/α-hetero) is 1. The summed E-state index contributed by atoms with van der Waals surface area (Å²) in [5.41, 5.74) is 1.73. The molecule has 0 unspecified atom stereocenters. The molecule has 1 aromatic rings. The lowest BCUT2D eigenvalue weighted by molar-refractivity contribution is -0.116. The Morgan fingerprint density at radius 2 is 2.20 bits per heavy atom. The molecule has 2 N–H and O–H groups in total. The highest BCUT2D eigenvalue weighted by molar-refractivity contribution is 6.30. The van der Waals surface area contributed by atoms with Crippen LogP contribution in [0.25, 0.3) is 0 Å². The van der Waals surface area contributed by atoms with Gasteiger partial charge in [0.2, 0.25) is 0 Å². The van der Waals surface area contributed by atoms with E-state index in [-0.39, 0.29) is 5.78 Å². The number of nitrogens with two attached hydrogens (primary N) is 1. The van der Waals surface area contributed by atoms with E-state index in [0.29, 0.717) is 18.0 Å². The summed E-state index contributed by atoms with van der Waals surface area (Å²) in [6, 6.07) is 5.40. The molecule has 15 heavy (non-hydrogen) atoms. The second-order valence-electron chi connectivity index (χ2n) is 3.44. The minimum atomic E-state index is 0.100. The van der Waals surface area contributed by atoms with Crippen LogP contribution in [0, 0.1) is 0 Å². The van der Waals surface area contributed by atoms with Gasteiger partial charge in [0.25, 0.3) is 0 Å². The van der Waals surface area contributed by atoms with Crippen molar-refractivity contribution in [3.63, 3.8) is 0 Å². The van der Waals surface area contributed by atoms with E-state index in [1.54, 1.807) is 24.1 Å². The van der Waals surface area contributed by atoms with E-state index >= 15 is 0 Å². The van der Waals surface area contributed by atoms with Gasteiger partial charge in [0, 0.05) is 18.0 Å². The summed E-state index contributed by atoms with van der Waals surface area (Å²) >= 11 is 5.88. The Hall–Kier alpha value is -1.06. The van der Waals surface area contributed by atoms with Crippen molar-refractivity contribution in [3.05, 3.63) is 28.8 Å². The van der Waals surface area contributed by atoms with Gasteiger partial charge >= 0.3 is 0 Å². The van der Waals surface area contributed by atoms with Gasteiger partial charge in [-0.1, -0.05) is 11.6 Å². The SMILES string of the molecule is CCN(N)c1ccc(Cl)cc1CC(C)=O. The predicted octanol–water partition coefficient (Wildman–Crippen LogP) is 2.17. The maximum absolute atomic E-state index is 11.1. The molecule has 0 saturated heterocycles. The zero-order chi connectivity index (χ0) is 11.4. The predicted molar refractivity (Wildman–Crippen MR) is 63.0 cm³/mol. The zero-order valence-electron chi connectivity index (χ0n) is 8.96. The van der Waals surface area contributed by atoms with Gasteiger partial charge in [0.15, 0.2) is 0 Å². The monoisotopic (exact) mass is 226 g/mol. The molecule has 0 atom stereocenters. The number of ketones is 1. The molecule has 0 spiro atoms. The van der Waals surface area contributed by atoms with Crippen molar-refractivity contribution in [3.8, 4) is 0 Å². The standard InChI is InChI=1S/C11H15ClN2O/c1-3-14(13)11-5-4-10(12)7-9(11)6-8(2)15/h4-5,7H,3,6,13H2,1-2H3. The summed E-state index contributed by atoms with van der Waals surface area (Å²) in [6.45, 7) is 4.19. The summed E-state index contributed by atoms with van der Waals surface area (Å²) < 4.78 is 0. The van der Waals surface area contributed by atoms with E-state index in [0.717, 1.165) is 11.3 Å². The fourth-order valence-corrected chi connectivity index (χ4v) is 1.61. The summed E-state index contributed by atoms with van der Waals surface area (Å²) in [7, 11) is 0. The molecule has 0 aliphatic rings. The first-order valence-corrected chi connectivity index (χ1v) is 5.22. The maximum Gasteiger partial charge on any atom is 0.134 e. The van der Waals surface area contributed by atoms with E-state index in [1.165, 1.54) is 0 Å². The Labute approximate surface area is 94.8 Å². The van der Waals surface area contributed by atoms with E-state index < -0.39 is 0 Å². The van der Waals surface area contributed by atoms with Crippen LogP contribution in [-0.2, 0) is 11.2 Å². The lowest BCUT2D eigenvalue weighted by Crippen LogP contribution is -2.31. The van der Waals surface area contributed by atoms with Gasteiger partial charge in [0.1, 0.15) is 5.78 Å². The molecule has 0 amide bonds. The van der Waals surface area contributed by atoms with E-state index in [2.05, 4.69) is 0 Å². The minimum Gasteiger partial charge on any atom is -0.311 e. The molecule has 1 rings (SSSR count). The van der Waals surface area contributed by atoms with Crippen LogP contribution in [0.3, 0.4) is 0 Å². The Morgan fingerprint density at radius 3 is 2.73 bits per heavy atom. The summed E-state index contributed by atoms with van der Waals surface area (Å²) in [4.78, 5) is 11.1. The first-order valence-electron chi connectivity index (χ1n) is 4.84. The van der Waals surface area contributed by atoms with Crippen molar-refractivity contribution in [1.29, 1.82) is 0 Å². The van der Waals surface area contributed by atoms with Gasteiger partial charge in [-0.15, -0.1) is 0 Å². The van der Waals surface area contributed by atoms with Crippen LogP contribution >= 0.6 is 11.6 Å². The highest BCUT2D eigenvalue weighted by Crippen LogP contribution is 2.23. The van der Waals surface area contributed by atoms with Gasteiger partial charge in [-0.2, -0.15) is 0 Å². The number of hydrazine groups is 1. The quantitative estimate of drug-likeness (QED) is 0.632. The van der Waals surface area contributed by atoms with E-state index in [1.807, 2.05) is 13.0 Å². The van der Waals surface area contributed by atoms with Crippen molar-refractivity contribution >= 4 is 23.1 Å². The molecule has 0 aromatic heterocycles. The molecule has 1 aromatic carbocycles. The number of nitrogens with zero attached hydrogens (tertiary/aromatic N) is 1. The molecule has 4 heteroatoms. The van der Waals surface area contributed by atoms with Crippen LogP contribution in [0.15, 0.2) is 18.2 Å². The fourth-order valence-electron chi connectivity index (χ4n) is 1.41.